The van der Waals surface area contributed by atoms with Crippen LogP contribution < -0.4 is 4.74 Å². The summed E-state index contributed by atoms with van der Waals surface area (Å²) < 4.78 is 7.42. The Balaban J connectivity index is 1.93. The number of carboxylic acid groups (broad SMARTS) is 1. The van der Waals surface area contributed by atoms with Gasteiger partial charge in [0, 0.05) is 24.7 Å². The van der Waals surface area contributed by atoms with Crippen molar-refractivity contribution in [2.75, 3.05) is 7.11 Å². The van der Waals surface area contributed by atoms with Gasteiger partial charge in [0.25, 0.3) is 0 Å². The number of hydrogen-bond donors (Lipinski definition) is 1. The smallest absolute Gasteiger partial charge is 0.312 e. The van der Waals surface area contributed by atoms with Crippen LogP contribution in [0.2, 0.25) is 0 Å². The molecule has 0 fully saturated rings. The molecule has 5 nitrogen and oxygen atoms in total. The number of ether oxygens (including phenoxy) is 1. The molecule has 3 rings (SSSR count). The van der Waals surface area contributed by atoms with Gasteiger partial charge in [0.1, 0.15) is 11.6 Å². The molecule has 0 saturated carbocycles. The summed E-state index contributed by atoms with van der Waals surface area (Å²) >= 11 is 0. The molecule has 1 atom stereocenters. The molecule has 1 aromatic heterocycles. The fourth-order valence-electron chi connectivity index (χ4n) is 2.98. The summed E-state index contributed by atoms with van der Waals surface area (Å²) in [6, 6.07) is 7.84. The summed E-state index contributed by atoms with van der Waals surface area (Å²) in [4.78, 5) is 15.8. The molecule has 2 heterocycles. The van der Waals surface area contributed by atoms with Crippen molar-refractivity contribution >= 4 is 5.97 Å². The summed E-state index contributed by atoms with van der Waals surface area (Å²) in [5, 5.41) is 9.31. The van der Waals surface area contributed by atoms with Crippen LogP contribution in [0, 0.1) is 0 Å². The number of carbonyl (C=O) groups is 1. The molecule has 1 N–H and O–H groups in total. The van der Waals surface area contributed by atoms with E-state index in [9.17, 15) is 9.90 Å². The average molecular weight is 286 g/mol. The van der Waals surface area contributed by atoms with Crippen molar-refractivity contribution in [1.82, 2.24) is 9.55 Å². The molecular formula is C16H18N2O3. The van der Waals surface area contributed by atoms with Crippen molar-refractivity contribution in [1.29, 1.82) is 0 Å². The van der Waals surface area contributed by atoms with Crippen LogP contribution in [0.1, 0.15) is 35.8 Å². The molecule has 0 saturated heterocycles. The highest BCUT2D eigenvalue weighted by Crippen LogP contribution is 2.30. The first-order valence-electron chi connectivity index (χ1n) is 7.09. The van der Waals surface area contributed by atoms with Crippen LogP contribution in [0.15, 0.2) is 30.5 Å². The molecule has 0 bridgehead atoms. The van der Waals surface area contributed by atoms with E-state index < -0.39 is 11.9 Å². The third-order valence-electron chi connectivity index (χ3n) is 4.04. The van der Waals surface area contributed by atoms with Crippen molar-refractivity contribution in [2.24, 2.45) is 0 Å². The first-order valence-corrected chi connectivity index (χ1v) is 7.09. The highest BCUT2D eigenvalue weighted by atomic mass is 16.5. The lowest BCUT2D eigenvalue weighted by Gasteiger charge is -2.22. The highest BCUT2D eigenvalue weighted by Gasteiger charge is 2.28. The molecule has 0 amide bonds. The van der Waals surface area contributed by atoms with Gasteiger partial charge in [0.2, 0.25) is 0 Å². The normalized spacial score (nSPS) is 17.3. The minimum atomic E-state index is -0.764. The Bertz CT molecular complexity index is 663. The zero-order valence-electron chi connectivity index (χ0n) is 12.0. The van der Waals surface area contributed by atoms with Crippen LogP contribution in [0.25, 0.3) is 0 Å². The summed E-state index contributed by atoms with van der Waals surface area (Å²) in [5.41, 5.74) is 1.88. The third kappa shape index (κ3) is 2.51. The van der Waals surface area contributed by atoms with Crippen LogP contribution in [-0.2, 0) is 17.8 Å². The predicted octanol–water partition coefficient (Wildman–Crippen LogP) is 2.44. The lowest BCUT2D eigenvalue weighted by atomic mass is 9.96. The van der Waals surface area contributed by atoms with Crippen LogP contribution >= 0.6 is 0 Å². The number of aromatic nitrogens is 2. The molecule has 2 aromatic rings. The minimum Gasteiger partial charge on any atom is -0.496 e. The van der Waals surface area contributed by atoms with Gasteiger partial charge in [-0.05, 0) is 18.9 Å². The minimum absolute atomic E-state index is 0.433. The van der Waals surface area contributed by atoms with E-state index in [2.05, 4.69) is 9.55 Å². The van der Waals surface area contributed by atoms with E-state index in [0.29, 0.717) is 12.8 Å². The topological polar surface area (TPSA) is 64.4 Å². The first kappa shape index (κ1) is 13.7. The van der Waals surface area contributed by atoms with Crippen molar-refractivity contribution in [3.8, 4) is 5.75 Å². The SMILES string of the molecule is COc1ccccc1Cc1ncc2n1CCCC2C(=O)O. The van der Waals surface area contributed by atoms with Crippen LogP contribution in [-0.4, -0.2) is 27.7 Å². The number of rotatable bonds is 4. The number of nitrogens with zero attached hydrogens (tertiary/aromatic N) is 2. The second-order valence-corrected chi connectivity index (χ2v) is 5.27. The fraction of sp³-hybridized carbons (Fsp3) is 0.375. The van der Waals surface area contributed by atoms with Gasteiger partial charge in [-0.15, -0.1) is 0 Å². The molecule has 21 heavy (non-hydrogen) atoms. The number of hydrogen-bond acceptors (Lipinski definition) is 3. The highest BCUT2D eigenvalue weighted by molar-refractivity contribution is 5.75. The van der Waals surface area contributed by atoms with Gasteiger partial charge in [0.15, 0.2) is 0 Å². The van der Waals surface area contributed by atoms with E-state index >= 15 is 0 Å². The third-order valence-corrected chi connectivity index (χ3v) is 4.04. The Kier molecular flexibility index (Phi) is 3.64. The van der Waals surface area contributed by atoms with Crippen molar-refractivity contribution < 1.29 is 14.6 Å². The maximum Gasteiger partial charge on any atom is 0.312 e. The van der Waals surface area contributed by atoms with Crippen LogP contribution in [0.5, 0.6) is 5.75 Å². The number of carboxylic acids is 1. The van der Waals surface area contributed by atoms with E-state index in [1.165, 1.54) is 0 Å². The second-order valence-electron chi connectivity index (χ2n) is 5.27. The van der Waals surface area contributed by atoms with Gasteiger partial charge in [0.05, 0.1) is 18.7 Å². The predicted molar refractivity (Wildman–Crippen MR) is 77.6 cm³/mol. The molecule has 0 spiro atoms. The number of fused-ring (bicyclic) bond motifs is 1. The average Bonchev–Trinajstić information content (AvgIpc) is 2.91. The lowest BCUT2D eigenvalue weighted by Crippen LogP contribution is -2.22. The Morgan fingerprint density at radius 3 is 3.05 bits per heavy atom. The van der Waals surface area contributed by atoms with E-state index in [4.69, 9.17) is 4.74 Å². The molecule has 5 heteroatoms. The van der Waals surface area contributed by atoms with Crippen LogP contribution in [0.4, 0.5) is 0 Å². The summed E-state index contributed by atoms with van der Waals surface area (Å²) in [5.74, 6) is 0.540. The monoisotopic (exact) mass is 286 g/mol. The number of para-hydroxylation sites is 1. The van der Waals surface area contributed by atoms with E-state index in [0.717, 1.165) is 35.8 Å². The van der Waals surface area contributed by atoms with E-state index in [-0.39, 0.29) is 0 Å². The number of methoxy groups -OCH3 is 1. The van der Waals surface area contributed by atoms with Crippen molar-refractivity contribution in [3.05, 3.63) is 47.5 Å². The van der Waals surface area contributed by atoms with Crippen molar-refractivity contribution in [3.63, 3.8) is 0 Å². The molecule has 1 unspecified atom stereocenters. The van der Waals surface area contributed by atoms with Gasteiger partial charge in [-0.25, -0.2) is 4.98 Å². The summed E-state index contributed by atoms with van der Waals surface area (Å²) in [6.07, 6.45) is 3.92. The Morgan fingerprint density at radius 1 is 1.48 bits per heavy atom. The summed E-state index contributed by atoms with van der Waals surface area (Å²) in [7, 11) is 1.65. The maximum atomic E-state index is 11.3. The number of imidazole rings is 1. The second kappa shape index (κ2) is 5.60. The molecule has 0 aliphatic carbocycles. The molecule has 0 radical (unpaired) electrons. The van der Waals surface area contributed by atoms with Gasteiger partial charge < -0.3 is 14.4 Å². The fourth-order valence-corrected chi connectivity index (χ4v) is 2.98. The zero-order chi connectivity index (χ0) is 14.8. The molecule has 1 aliphatic rings. The lowest BCUT2D eigenvalue weighted by molar-refractivity contribution is -0.139. The summed E-state index contributed by atoms with van der Waals surface area (Å²) in [6.45, 7) is 0.837. The first-order chi connectivity index (χ1) is 10.2. The molecule has 1 aromatic carbocycles. The largest absolute Gasteiger partial charge is 0.496 e. The standard InChI is InChI=1S/C16H18N2O3/c1-21-14-7-3-2-5-11(14)9-15-17-10-13-12(16(19)20)6-4-8-18(13)15/h2-3,5,7,10,12H,4,6,8-9H2,1H3,(H,19,20). The maximum absolute atomic E-state index is 11.3. The van der Waals surface area contributed by atoms with Crippen molar-refractivity contribution in [2.45, 2.75) is 31.7 Å². The van der Waals surface area contributed by atoms with Gasteiger partial charge in [-0.3, -0.25) is 4.79 Å². The van der Waals surface area contributed by atoms with Gasteiger partial charge in [-0.1, -0.05) is 18.2 Å². The Morgan fingerprint density at radius 2 is 2.29 bits per heavy atom. The van der Waals surface area contributed by atoms with Gasteiger partial charge in [-0.2, -0.15) is 0 Å². The Labute approximate surface area is 123 Å². The Hall–Kier alpha value is -2.30. The van der Waals surface area contributed by atoms with E-state index in [1.54, 1.807) is 13.3 Å². The number of aliphatic carboxylic acids is 1. The van der Waals surface area contributed by atoms with Gasteiger partial charge >= 0.3 is 5.97 Å². The molecule has 1 aliphatic heterocycles. The van der Waals surface area contributed by atoms with E-state index in [1.807, 2.05) is 24.3 Å². The zero-order valence-corrected chi connectivity index (χ0v) is 12.0. The molecule has 110 valence electrons. The number of benzene rings is 1. The molecular weight excluding hydrogens is 268 g/mol. The quantitative estimate of drug-likeness (QED) is 0.937. The van der Waals surface area contributed by atoms with Crippen LogP contribution in [0.3, 0.4) is 0 Å².